The molecule has 2 amide bonds. The quantitative estimate of drug-likeness (QED) is 0.692. The SMILES string of the molecule is CC1CCN(C(=O)c2cc(S(=O)(=O)N3CCC[C@H](C(=O)Nc4cccc(F)c4)C3)c[nH]2)CC1. The van der Waals surface area contributed by atoms with Crippen LogP contribution in [0.1, 0.15) is 43.1 Å². The van der Waals surface area contributed by atoms with Crippen LogP contribution in [0.15, 0.2) is 41.4 Å². The Morgan fingerprint density at radius 2 is 1.88 bits per heavy atom. The molecule has 1 aromatic heterocycles. The van der Waals surface area contributed by atoms with Gasteiger partial charge in [-0.2, -0.15) is 4.31 Å². The van der Waals surface area contributed by atoms with Crippen LogP contribution in [0.4, 0.5) is 10.1 Å². The lowest BCUT2D eigenvalue weighted by atomic mass is 9.99. The molecule has 2 aliphatic heterocycles. The highest BCUT2D eigenvalue weighted by Crippen LogP contribution is 2.26. The molecule has 178 valence electrons. The van der Waals surface area contributed by atoms with Gasteiger partial charge in [0, 0.05) is 38.1 Å². The molecule has 33 heavy (non-hydrogen) atoms. The molecule has 2 fully saturated rings. The highest BCUT2D eigenvalue weighted by molar-refractivity contribution is 7.89. The Balaban J connectivity index is 1.43. The highest BCUT2D eigenvalue weighted by Gasteiger charge is 2.34. The van der Waals surface area contributed by atoms with Crippen molar-refractivity contribution in [3.8, 4) is 0 Å². The van der Waals surface area contributed by atoms with Crippen molar-refractivity contribution in [2.45, 2.75) is 37.5 Å². The number of sulfonamides is 1. The van der Waals surface area contributed by atoms with Crippen molar-refractivity contribution < 1.29 is 22.4 Å². The Bertz CT molecular complexity index is 1120. The van der Waals surface area contributed by atoms with E-state index in [-0.39, 0.29) is 28.9 Å². The minimum absolute atomic E-state index is 0.0161. The van der Waals surface area contributed by atoms with Gasteiger partial charge in [-0.3, -0.25) is 9.59 Å². The van der Waals surface area contributed by atoms with Crippen molar-refractivity contribution in [2.75, 3.05) is 31.5 Å². The first-order valence-corrected chi connectivity index (χ1v) is 12.7. The van der Waals surface area contributed by atoms with E-state index in [9.17, 15) is 22.4 Å². The van der Waals surface area contributed by atoms with Gasteiger partial charge in [-0.15, -0.1) is 0 Å². The summed E-state index contributed by atoms with van der Waals surface area (Å²) in [6, 6.07) is 6.96. The van der Waals surface area contributed by atoms with E-state index < -0.39 is 21.8 Å². The number of piperidine rings is 2. The van der Waals surface area contributed by atoms with Crippen molar-refractivity contribution in [3.05, 3.63) is 48.0 Å². The van der Waals surface area contributed by atoms with Crippen LogP contribution in [-0.2, 0) is 14.8 Å². The minimum Gasteiger partial charge on any atom is -0.356 e. The van der Waals surface area contributed by atoms with E-state index in [4.69, 9.17) is 0 Å². The summed E-state index contributed by atoms with van der Waals surface area (Å²) in [4.78, 5) is 30.0. The summed E-state index contributed by atoms with van der Waals surface area (Å²) in [5, 5.41) is 2.67. The van der Waals surface area contributed by atoms with Crippen LogP contribution in [0.5, 0.6) is 0 Å². The number of halogens is 1. The van der Waals surface area contributed by atoms with Gasteiger partial charge in [0.15, 0.2) is 0 Å². The smallest absolute Gasteiger partial charge is 0.270 e. The Kier molecular flexibility index (Phi) is 6.85. The van der Waals surface area contributed by atoms with Crippen LogP contribution < -0.4 is 5.32 Å². The van der Waals surface area contributed by atoms with Gasteiger partial charge in [0.1, 0.15) is 16.4 Å². The Hall–Kier alpha value is -2.72. The summed E-state index contributed by atoms with van der Waals surface area (Å²) in [6.45, 7) is 3.81. The molecule has 0 unspecified atom stereocenters. The lowest BCUT2D eigenvalue weighted by Gasteiger charge is -2.31. The molecule has 1 atom stereocenters. The average Bonchev–Trinajstić information content (AvgIpc) is 3.30. The fourth-order valence-corrected chi connectivity index (χ4v) is 5.88. The largest absolute Gasteiger partial charge is 0.356 e. The number of aromatic nitrogens is 1. The zero-order chi connectivity index (χ0) is 23.6. The van der Waals surface area contributed by atoms with Crippen molar-refractivity contribution in [1.82, 2.24) is 14.2 Å². The van der Waals surface area contributed by atoms with Crippen molar-refractivity contribution >= 4 is 27.5 Å². The number of anilines is 1. The number of carbonyl (C=O) groups excluding carboxylic acids is 2. The third kappa shape index (κ3) is 5.27. The van der Waals surface area contributed by atoms with Crippen molar-refractivity contribution in [1.29, 1.82) is 0 Å². The second-order valence-corrected chi connectivity index (χ2v) is 10.9. The Labute approximate surface area is 193 Å². The minimum atomic E-state index is -3.87. The lowest BCUT2D eigenvalue weighted by Crippen LogP contribution is -2.43. The van der Waals surface area contributed by atoms with Gasteiger partial charge in [-0.1, -0.05) is 13.0 Å². The maximum atomic E-state index is 13.4. The van der Waals surface area contributed by atoms with Gasteiger partial charge in [-0.05, 0) is 55.9 Å². The topological polar surface area (TPSA) is 103 Å². The number of nitrogens with one attached hydrogen (secondary N) is 2. The van der Waals surface area contributed by atoms with Crippen LogP contribution in [-0.4, -0.2) is 60.6 Å². The zero-order valence-electron chi connectivity index (χ0n) is 18.6. The third-order valence-corrected chi connectivity index (χ3v) is 8.29. The third-order valence-electron chi connectivity index (χ3n) is 6.44. The number of amides is 2. The molecule has 8 nitrogen and oxygen atoms in total. The number of aromatic amines is 1. The number of rotatable bonds is 5. The second kappa shape index (κ2) is 9.64. The van der Waals surface area contributed by atoms with Gasteiger partial charge >= 0.3 is 0 Å². The first-order valence-electron chi connectivity index (χ1n) is 11.3. The number of carbonyl (C=O) groups is 2. The van der Waals surface area contributed by atoms with E-state index in [0.717, 1.165) is 12.8 Å². The number of benzene rings is 1. The molecule has 2 saturated heterocycles. The van der Waals surface area contributed by atoms with Crippen LogP contribution in [0.2, 0.25) is 0 Å². The molecule has 3 heterocycles. The fraction of sp³-hybridized carbons (Fsp3) is 0.478. The van der Waals surface area contributed by atoms with Crippen LogP contribution in [0.25, 0.3) is 0 Å². The van der Waals surface area contributed by atoms with E-state index in [1.165, 1.54) is 34.8 Å². The van der Waals surface area contributed by atoms with E-state index in [0.29, 0.717) is 44.1 Å². The normalized spacial score (nSPS) is 20.5. The van der Waals surface area contributed by atoms with E-state index in [1.54, 1.807) is 11.0 Å². The van der Waals surface area contributed by atoms with Crippen molar-refractivity contribution in [2.24, 2.45) is 11.8 Å². The highest BCUT2D eigenvalue weighted by atomic mass is 32.2. The molecule has 10 heteroatoms. The van der Waals surface area contributed by atoms with Gasteiger partial charge in [0.2, 0.25) is 15.9 Å². The lowest BCUT2D eigenvalue weighted by molar-refractivity contribution is -0.120. The molecule has 4 rings (SSSR count). The Morgan fingerprint density at radius 3 is 2.61 bits per heavy atom. The van der Waals surface area contributed by atoms with Crippen LogP contribution in [0, 0.1) is 17.7 Å². The standard InChI is InChI=1S/C23H29FN4O4S/c1-16-7-10-27(11-8-16)23(30)21-13-20(14-25-21)33(31,32)28-9-3-4-17(15-28)22(29)26-19-6-2-5-18(24)12-19/h2,5-6,12-14,16-17,25H,3-4,7-11,15H2,1H3,(H,26,29)/t17-/m0/s1. The number of likely N-dealkylation sites (tertiary alicyclic amines) is 1. The number of hydrogen-bond acceptors (Lipinski definition) is 4. The summed E-state index contributed by atoms with van der Waals surface area (Å²) >= 11 is 0. The number of H-pyrrole nitrogens is 1. The molecule has 2 N–H and O–H groups in total. The number of nitrogens with zero attached hydrogens (tertiary/aromatic N) is 2. The summed E-state index contributed by atoms with van der Waals surface area (Å²) in [5.74, 6) is -0.970. The molecule has 0 saturated carbocycles. The average molecular weight is 477 g/mol. The summed E-state index contributed by atoms with van der Waals surface area (Å²) in [7, 11) is -3.87. The first-order chi connectivity index (χ1) is 15.7. The summed E-state index contributed by atoms with van der Waals surface area (Å²) < 4.78 is 41.1. The van der Waals surface area contributed by atoms with E-state index in [2.05, 4.69) is 17.2 Å². The Morgan fingerprint density at radius 1 is 1.12 bits per heavy atom. The van der Waals surface area contributed by atoms with Gasteiger partial charge in [-0.25, -0.2) is 12.8 Å². The van der Waals surface area contributed by atoms with E-state index >= 15 is 0 Å². The molecule has 0 aliphatic carbocycles. The monoisotopic (exact) mass is 476 g/mol. The van der Waals surface area contributed by atoms with Crippen LogP contribution in [0.3, 0.4) is 0 Å². The molecular weight excluding hydrogens is 447 g/mol. The first kappa shape index (κ1) is 23.4. The maximum Gasteiger partial charge on any atom is 0.270 e. The molecule has 2 aromatic rings. The zero-order valence-corrected chi connectivity index (χ0v) is 19.4. The van der Waals surface area contributed by atoms with E-state index in [1.807, 2.05) is 0 Å². The molecule has 0 radical (unpaired) electrons. The van der Waals surface area contributed by atoms with Crippen LogP contribution >= 0.6 is 0 Å². The second-order valence-electron chi connectivity index (χ2n) is 8.93. The predicted molar refractivity (Wildman–Crippen MR) is 122 cm³/mol. The van der Waals surface area contributed by atoms with Gasteiger partial charge < -0.3 is 15.2 Å². The molecule has 0 bridgehead atoms. The molecule has 0 spiro atoms. The molecular formula is C23H29FN4O4S. The molecule has 1 aromatic carbocycles. The predicted octanol–water partition coefficient (Wildman–Crippen LogP) is 3.07. The summed E-state index contributed by atoms with van der Waals surface area (Å²) in [6.07, 6.45) is 4.28. The number of hydrogen-bond donors (Lipinski definition) is 2. The van der Waals surface area contributed by atoms with Crippen molar-refractivity contribution in [3.63, 3.8) is 0 Å². The fourth-order valence-electron chi connectivity index (χ4n) is 4.36. The maximum absolute atomic E-state index is 13.4. The van der Waals surface area contributed by atoms with Gasteiger partial charge in [0.05, 0.1) is 5.92 Å². The summed E-state index contributed by atoms with van der Waals surface area (Å²) in [5.41, 5.74) is 0.585. The molecule has 2 aliphatic rings. The van der Waals surface area contributed by atoms with Gasteiger partial charge in [0.25, 0.3) is 5.91 Å².